The van der Waals surface area contributed by atoms with Crippen molar-refractivity contribution < 1.29 is 9.90 Å². The van der Waals surface area contributed by atoms with Crippen LogP contribution in [0.4, 0.5) is 0 Å². The average molecular weight is 331 g/mol. The lowest BCUT2D eigenvalue weighted by Crippen LogP contribution is -2.50. The van der Waals surface area contributed by atoms with Crippen molar-refractivity contribution in [3.63, 3.8) is 0 Å². The lowest BCUT2D eigenvalue weighted by atomic mass is 10.1. The Morgan fingerprint density at radius 1 is 1.17 bits per heavy atom. The maximum atomic E-state index is 12.2. The van der Waals surface area contributed by atoms with Gasteiger partial charge >= 0.3 is 0 Å². The molecule has 1 heterocycles. The third kappa shape index (κ3) is 5.03. The third-order valence-corrected chi connectivity index (χ3v) is 5.09. The number of aliphatic hydroxyl groups excluding tert-OH is 1. The number of hydrogen-bond donors (Lipinski definition) is 1. The monoisotopic (exact) mass is 331 g/mol. The van der Waals surface area contributed by atoms with Crippen molar-refractivity contribution >= 4 is 5.91 Å². The smallest absolute Gasteiger partial charge is 0.236 e. The fourth-order valence-corrected chi connectivity index (χ4v) is 3.26. The minimum Gasteiger partial charge on any atom is -0.387 e. The molecule has 1 aromatic carbocycles. The number of nitrogens with zero attached hydrogens (tertiary/aromatic N) is 3. The first-order chi connectivity index (χ1) is 11.6. The molecule has 5 nitrogen and oxygen atoms in total. The zero-order valence-electron chi connectivity index (χ0n) is 14.6. The molecule has 1 aliphatic heterocycles. The second-order valence-corrected chi connectivity index (χ2v) is 7.22. The Kier molecular flexibility index (Phi) is 5.87. The van der Waals surface area contributed by atoms with E-state index in [0.717, 1.165) is 44.2 Å². The van der Waals surface area contributed by atoms with Crippen LogP contribution >= 0.6 is 0 Å². The van der Waals surface area contributed by atoms with E-state index in [4.69, 9.17) is 0 Å². The van der Waals surface area contributed by atoms with Crippen LogP contribution in [0.2, 0.25) is 0 Å². The van der Waals surface area contributed by atoms with Gasteiger partial charge in [-0.25, -0.2) is 0 Å². The zero-order chi connectivity index (χ0) is 16.9. The van der Waals surface area contributed by atoms with E-state index in [1.807, 2.05) is 42.3 Å². The van der Waals surface area contributed by atoms with Gasteiger partial charge in [-0.1, -0.05) is 30.3 Å². The summed E-state index contributed by atoms with van der Waals surface area (Å²) in [6.07, 6.45) is 2.11. The lowest BCUT2D eigenvalue weighted by Gasteiger charge is -2.35. The van der Waals surface area contributed by atoms with Crippen molar-refractivity contribution in [2.24, 2.45) is 5.92 Å². The summed E-state index contributed by atoms with van der Waals surface area (Å²) in [5.74, 6) is 0.981. The standard InChI is InChI=1S/C19H29N3O2/c1-20(13-16-7-8-16)19(24)15-22-11-9-21(10-12-22)14-18(23)17-5-3-2-4-6-17/h2-6,16,18,23H,7-15H2,1H3/t18-/m1/s1. The maximum Gasteiger partial charge on any atom is 0.236 e. The van der Waals surface area contributed by atoms with Gasteiger partial charge in [-0.2, -0.15) is 0 Å². The van der Waals surface area contributed by atoms with E-state index < -0.39 is 6.10 Å². The number of benzene rings is 1. The average Bonchev–Trinajstić information content (AvgIpc) is 3.41. The Balaban J connectivity index is 1.38. The van der Waals surface area contributed by atoms with E-state index in [1.54, 1.807) is 0 Å². The molecule has 24 heavy (non-hydrogen) atoms. The number of carbonyl (C=O) groups excluding carboxylic acids is 1. The lowest BCUT2D eigenvalue weighted by molar-refractivity contribution is -0.131. The molecule has 1 aromatic rings. The van der Waals surface area contributed by atoms with Crippen molar-refractivity contribution in [1.29, 1.82) is 0 Å². The highest BCUT2D eigenvalue weighted by molar-refractivity contribution is 5.78. The number of piperazine rings is 1. The van der Waals surface area contributed by atoms with E-state index in [2.05, 4.69) is 9.80 Å². The first kappa shape index (κ1) is 17.4. The molecule has 132 valence electrons. The summed E-state index contributed by atoms with van der Waals surface area (Å²) in [5.41, 5.74) is 0.969. The molecule has 0 radical (unpaired) electrons. The number of hydrogen-bond acceptors (Lipinski definition) is 4. The molecule has 1 N–H and O–H groups in total. The van der Waals surface area contributed by atoms with E-state index in [-0.39, 0.29) is 5.91 Å². The molecular weight excluding hydrogens is 302 g/mol. The number of amides is 1. The molecule has 1 aliphatic carbocycles. The first-order valence-electron chi connectivity index (χ1n) is 9.03. The fraction of sp³-hybridized carbons (Fsp3) is 0.632. The van der Waals surface area contributed by atoms with E-state index in [9.17, 15) is 9.90 Å². The fourth-order valence-electron chi connectivity index (χ4n) is 3.26. The molecule has 3 rings (SSSR count). The minimum absolute atomic E-state index is 0.236. The molecule has 2 fully saturated rings. The summed E-state index contributed by atoms with van der Waals surface area (Å²) in [6, 6.07) is 9.82. The van der Waals surface area contributed by atoms with Gasteiger partial charge in [0.25, 0.3) is 0 Å². The zero-order valence-corrected chi connectivity index (χ0v) is 14.6. The highest BCUT2D eigenvalue weighted by Gasteiger charge is 2.26. The van der Waals surface area contributed by atoms with Crippen LogP contribution in [0.1, 0.15) is 24.5 Å². The van der Waals surface area contributed by atoms with Gasteiger partial charge in [0.15, 0.2) is 0 Å². The second kappa shape index (κ2) is 8.10. The van der Waals surface area contributed by atoms with Crippen molar-refractivity contribution in [3.05, 3.63) is 35.9 Å². The summed E-state index contributed by atoms with van der Waals surface area (Å²) in [5, 5.41) is 10.3. The Morgan fingerprint density at radius 3 is 2.42 bits per heavy atom. The van der Waals surface area contributed by atoms with E-state index >= 15 is 0 Å². The molecule has 1 amide bonds. The van der Waals surface area contributed by atoms with Gasteiger partial charge < -0.3 is 10.0 Å². The van der Waals surface area contributed by atoms with Crippen LogP contribution < -0.4 is 0 Å². The summed E-state index contributed by atoms with van der Waals surface area (Å²) < 4.78 is 0. The van der Waals surface area contributed by atoms with Crippen molar-refractivity contribution in [1.82, 2.24) is 14.7 Å². The van der Waals surface area contributed by atoms with Crippen LogP contribution in [0.5, 0.6) is 0 Å². The van der Waals surface area contributed by atoms with Gasteiger partial charge in [0, 0.05) is 46.3 Å². The molecule has 5 heteroatoms. The quantitative estimate of drug-likeness (QED) is 0.816. The largest absolute Gasteiger partial charge is 0.387 e. The molecule has 0 spiro atoms. The Bertz CT molecular complexity index is 525. The van der Waals surface area contributed by atoms with Crippen LogP contribution in [0.15, 0.2) is 30.3 Å². The Morgan fingerprint density at radius 2 is 1.79 bits per heavy atom. The molecule has 0 unspecified atom stereocenters. The summed E-state index contributed by atoms with van der Waals surface area (Å²) in [4.78, 5) is 18.7. The SMILES string of the molecule is CN(CC1CC1)C(=O)CN1CCN(C[C@@H](O)c2ccccc2)CC1. The number of β-amino-alcohol motifs (C(OH)–C–C–N with tert-alkyl or cyclic N) is 1. The van der Waals surface area contributed by atoms with Gasteiger partial charge in [0.2, 0.25) is 5.91 Å². The Hall–Kier alpha value is -1.43. The Labute approximate surface area is 144 Å². The van der Waals surface area contributed by atoms with Crippen LogP contribution in [-0.2, 0) is 4.79 Å². The predicted octanol–water partition coefficient (Wildman–Crippen LogP) is 1.21. The normalized spacial score (nSPS) is 20.8. The van der Waals surface area contributed by atoms with Crippen molar-refractivity contribution in [2.45, 2.75) is 18.9 Å². The van der Waals surface area contributed by atoms with E-state index in [0.29, 0.717) is 13.1 Å². The van der Waals surface area contributed by atoms with Gasteiger partial charge in [-0.05, 0) is 24.3 Å². The van der Waals surface area contributed by atoms with Gasteiger partial charge in [-0.15, -0.1) is 0 Å². The number of rotatable bonds is 7. The van der Waals surface area contributed by atoms with Crippen molar-refractivity contribution in [2.75, 3.05) is 52.9 Å². The van der Waals surface area contributed by atoms with E-state index in [1.165, 1.54) is 12.8 Å². The van der Waals surface area contributed by atoms with Crippen molar-refractivity contribution in [3.8, 4) is 0 Å². The number of carbonyl (C=O) groups is 1. The second-order valence-electron chi connectivity index (χ2n) is 7.22. The molecule has 1 saturated heterocycles. The summed E-state index contributed by atoms with van der Waals surface area (Å²) in [6.45, 7) is 5.70. The highest BCUT2D eigenvalue weighted by atomic mass is 16.3. The highest BCUT2D eigenvalue weighted by Crippen LogP contribution is 2.29. The molecule has 0 bridgehead atoms. The molecule has 1 saturated carbocycles. The number of likely N-dealkylation sites (N-methyl/N-ethyl adjacent to an activating group) is 1. The van der Waals surface area contributed by atoms with Crippen LogP contribution in [-0.4, -0.2) is 78.6 Å². The maximum absolute atomic E-state index is 12.2. The molecular formula is C19H29N3O2. The molecule has 0 aromatic heterocycles. The molecule has 1 atom stereocenters. The van der Waals surface area contributed by atoms with Gasteiger partial charge in [-0.3, -0.25) is 14.6 Å². The summed E-state index contributed by atoms with van der Waals surface area (Å²) in [7, 11) is 1.92. The van der Waals surface area contributed by atoms with Crippen LogP contribution in [0, 0.1) is 5.92 Å². The predicted molar refractivity (Wildman–Crippen MR) is 94.6 cm³/mol. The third-order valence-electron chi connectivity index (χ3n) is 5.09. The number of aliphatic hydroxyl groups is 1. The van der Waals surface area contributed by atoms with Gasteiger partial charge in [0.1, 0.15) is 0 Å². The topological polar surface area (TPSA) is 47.0 Å². The summed E-state index contributed by atoms with van der Waals surface area (Å²) >= 11 is 0. The van der Waals surface area contributed by atoms with Crippen LogP contribution in [0.3, 0.4) is 0 Å². The van der Waals surface area contributed by atoms with Crippen LogP contribution in [0.25, 0.3) is 0 Å². The van der Waals surface area contributed by atoms with Gasteiger partial charge in [0.05, 0.1) is 12.6 Å². The molecule has 2 aliphatic rings. The first-order valence-corrected chi connectivity index (χ1v) is 9.03. The minimum atomic E-state index is -0.441.